The van der Waals surface area contributed by atoms with Crippen LogP contribution in [0.3, 0.4) is 0 Å². The van der Waals surface area contributed by atoms with Crippen molar-refractivity contribution in [2.45, 2.75) is 6.92 Å². The van der Waals surface area contributed by atoms with Gasteiger partial charge in [-0.1, -0.05) is 12.1 Å². The van der Waals surface area contributed by atoms with Crippen molar-refractivity contribution in [2.24, 2.45) is 0 Å². The first kappa shape index (κ1) is 15.2. The highest BCUT2D eigenvalue weighted by Crippen LogP contribution is 2.28. The fourth-order valence-electron chi connectivity index (χ4n) is 2.67. The second-order valence-electron chi connectivity index (χ2n) is 5.50. The Labute approximate surface area is 142 Å². The Morgan fingerprint density at radius 3 is 2.48 bits per heavy atom. The Bertz CT molecular complexity index is 1060. The molecule has 0 atom stereocenters. The highest BCUT2D eigenvalue weighted by Gasteiger charge is 2.17. The summed E-state index contributed by atoms with van der Waals surface area (Å²) in [5.74, 6) is -0.183. The van der Waals surface area contributed by atoms with Gasteiger partial charge in [-0.05, 0) is 43.3 Å². The smallest absolute Gasteiger partial charge is 0.168 e. The second-order valence-corrected chi connectivity index (χ2v) is 5.50. The molecule has 0 aliphatic heterocycles. The van der Waals surface area contributed by atoms with Crippen molar-refractivity contribution in [2.75, 3.05) is 5.32 Å². The molecule has 0 saturated heterocycles. The molecule has 0 spiro atoms. The van der Waals surface area contributed by atoms with E-state index in [-0.39, 0.29) is 5.82 Å². The maximum Gasteiger partial charge on any atom is 0.168 e. The average molecular weight is 337 g/mol. The molecule has 0 fully saturated rings. The van der Waals surface area contributed by atoms with Crippen molar-refractivity contribution < 1.29 is 8.78 Å². The van der Waals surface area contributed by atoms with Gasteiger partial charge in [0.1, 0.15) is 29.5 Å². The number of hydrogen-bond acceptors (Lipinski definition) is 4. The van der Waals surface area contributed by atoms with Crippen LogP contribution in [0.2, 0.25) is 0 Å². The standard InChI is InChI=1S/C18H13F2N5/c1-11-16-17(23-13-8-6-12(19)7-9-13)21-10-22-18(16)25(24-11)15-5-3-2-4-14(15)20/h2-10H,1H3,(H,21,22,23). The summed E-state index contributed by atoms with van der Waals surface area (Å²) in [5.41, 5.74) is 2.14. The van der Waals surface area contributed by atoms with E-state index in [1.54, 1.807) is 37.3 Å². The Morgan fingerprint density at radius 2 is 1.72 bits per heavy atom. The fourth-order valence-corrected chi connectivity index (χ4v) is 2.67. The normalized spacial score (nSPS) is 11.0. The Hall–Kier alpha value is -3.35. The van der Waals surface area contributed by atoms with Crippen LogP contribution < -0.4 is 5.32 Å². The van der Waals surface area contributed by atoms with E-state index in [1.807, 2.05) is 0 Å². The van der Waals surface area contributed by atoms with Crippen molar-refractivity contribution >= 4 is 22.5 Å². The van der Waals surface area contributed by atoms with Gasteiger partial charge < -0.3 is 5.32 Å². The van der Waals surface area contributed by atoms with Crippen LogP contribution >= 0.6 is 0 Å². The first-order valence-corrected chi connectivity index (χ1v) is 7.61. The molecule has 124 valence electrons. The predicted molar refractivity (Wildman–Crippen MR) is 91.0 cm³/mol. The van der Waals surface area contributed by atoms with Crippen LogP contribution in [-0.4, -0.2) is 19.7 Å². The summed E-state index contributed by atoms with van der Waals surface area (Å²) in [7, 11) is 0. The van der Waals surface area contributed by atoms with Gasteiger partial charge in [0.25, 0.3) is 0 Å². The third-order valence-electron chi connectivity index (χ3n) is 3.83. The lowest BCUT2D eigenvalue weighted by Crippen LogP contribution is -2.01. The topological polar surface area (TPSA) is 55.6 Å². The lowest BCUT2D eigenvalue weighted by Gasteiger charge is -2.07. The zero-order valence-electron chi connectivity index (χ0n) is 13.2. The van der Waals surface area contributed by atoms with Crippen LogP contribution in [0.1, 0.15) is 5.69 Å². The molecular weight excluding hydrogens is 324 g/mol. The number of nitrogens with one attached hydrogen (secondary N) is 1. The zero-order valence-corrected chi connectivity index (χ0v) is 13.2. The molecule has 0 radical (unpaired) electrons. The molecule has 25 heavy (non-hydrogen) atoms. The summed E-state index contributed by atoms with van der Waals surface area (Å²) in [6, 6.07) is 12.3. The number of anilines is 2. The third-order valence-corrected chi connectivity index (χ3v) is 3.83. The van der Waals surface area contributed by atoms with E-state index >= 15 is 0 Å². The van der Waals surface area contributed by atoms with Gasteiger partial charge in [0, 0.05) is 5.69 Å². The molecule has 1 N–H and O–H groups in total. The van der Waals surface area contributed by atoms with E-state index in [4.69, 9.17) is 0 Å². The van der Waals surface area contributed by atoms with Crippen LogP contribution in [0.25, 0.3) is 16.7 Å². The van der Waals surface area contributed by atoms with Crippen LogP contribution in [0.5, 0.6) is 0 Å². The van der Waals surface area contributed by atoms with Crippen molar-refractivity contribution in [3.63, 3.8) is 0 Å². The molecule has 4 rings (SSSR count). The zero-order chi connectivity index (χ0) is 17.4. The number of benzene rings is 2. The Morgan fingerprint density at radius 1 is 0.960 bits per heavy atom. The number of halogens is 2. The number of aryl methyl sites for hydroxylation is 1. The van der Waals surface area contributed by atoms with Gasteiger partial charge in [-0.15, -0.1) is 0 Å². The molecule has 0 aliphatic rings. The van der Waals surface area contributed by atoms with Gasteiger partial charge >= 0.3 is 0 Å². The quantitative estimate of drug-likeness (QED) is 0.610. The minimum atomic E-state index is -0.390. The molecule has 4 aromatic rings. The number of hydrogen-bond donors (Lipinski definition) is 1. The summed E-state index contributed by atoms with van der Waals surface area (Å²) in [4.78, 5) is 8.51. The van der Waals surface area contributed by atoms with Crippen LogP contribution in [0.15, 0.2) is 54.9 Å². The number of para-hydroxylation sites is 1. The van der Waals surface area contributed by atoms with Crippen molar-refractivity contribution in [3.05, 3.63) is 72.2 Å². The number of fused-ring (bicyclic) bond motifs is 1. The molecule has 0 amide bonds. The van der Waals surface area contributed by atoms with E-state index in [2.05, 4.69) is 20.4 Å². The van der Waals surface area contributed by atoms with Gasteiger partial charge in [-0.3, -0.25) is 0 Å². The number of aromatic nitrogens is 4. The summed E-state index contributed by atoms with van der Waals surface area (Å²) in [6.07, 6.45) is 1.38. The third kappa shape index (κ3) is 2.69. The SMILES string of the molecule is Cc1nn(-c2ccccc2F)c2ncnc(Nc3ccc(F)cc3)c12. The minimum absolute atomic E-state index is 0.312. The first-order chi connectivity index (χ1) is 12.1. The second kappa shape index (κ2) is 5.94. The van der Waals surface area contributed by atoms with Crippen molar-refractivity contribution in [1.82, 2.24) is 19.7 Å². The van der Waals surface area contributed by atoms with Gasteiger partial charge in [0.15, 0.2) is 5.65 Å². The molecule has 0 saturated carbocycles. The van der Waals surface area contributed by atoms with Crippen molar-refractivity contribution in [1.29, 1.82) is 0 Å². The van der Waals surface area contributed by atoms with E-state index < -0.39 is 5.82 Å². The molecule has 2 heterocycles. The van der Waals surface area contributed by atoms with Gasteiger partial charge in [0.05, 0.1) is 11.1 Å². The summed E-state index contributed by atoms with van der Waals surface area (Å²) in [6.45, 7) is 1.80. The van der Waals surface area contributed by atoms with Crippen LogP contribution in [0.4, 0.5) is 20.3 Å². The molecule has 0 bridgehead atoms. The maximum atomic E-state index is 14.1. The molecule has 2 aromatic carbocycles. The largest absolute Gasteiger partial charge is 0.340 e. The highest BCUT2D eigenvalue weighted by atomic mass is 19.1. The number of nitrogens with zero attached hydrogens (tertiary/aromatic N) is 4. The van der Waals surface area contributed by atoms with E-state index in [0.29, 0.717) is 33.9 Å². The first-order valence-electron chi connectivity index (χ1n) is 7.61. The molecule has 2 aromatic heterocycles. The van der Waals surface area contributed by atoms with Crippen molar-refractivity contribution in [3.8, 4) is 5.69 Å². The van der Waals surface area contributed by atoms with Crippen LogP contribution in [0, 0.1) is 18.6 Å². The average Bonchev–Trinajstić information content (AvgIpc) is 2.95. The van der Waals surface area contributed by atoms with Crippen LogP contribution in [-0.2, 0) is 0 Å². The van der Waals surface area contributed by atoms with E-state index in [9.17, 15) is 8.78 Å². The Kier molecular flexibility index (Phi) is 3.61. The van der Waals surface area contributed by atoms with Gasteiger partial charge in [-0.2, -0.15) is 5.10 Å². The highest BCUT2D eigenvalue weighted by molar-refractivity contribution is 5.91. The maximum absolute atomic E-state index is 14.1. The lowest BCUT2D eigenvalue weighted by molar-refractivity contribution is 0.612. The fraction of sp³-hybridized carbons (Fsp3) is 0.0556. The van der Waals surface area contributed by atoms with E-state index in [1.165, 1.54) is 29.2 Å². The van der Waals surface area contributed by atoms with Gasteiger partial charge in [-0.25, -0.2) is 23.4 Å². The van der Waals surface area contributed by atoms with Gasteiger partial charge in [0.2, 0.25) is 0 Å². The summed E-state index contributed by atoms with van der Waals surface area (Å²) >= 11 is 0. The molecule has 0 unspecified atom stereocenters. The molecule has 5 nitrogen and oxygen atoms in total. The summed E-state index contributed by atoms with van der Waals surface area (Å²) < 4.78 is 28.7. The number of rotatable bonds is 3. The lowest BCUT2D eigenvalue weighted by atomic mass is 10.2. The molecule has 0 aliphatic carbocycles. The monoisotopic (exact) mass is 337 g/mol. The predicted octanol–water partition coefficient (Wildman–Crippen LogP) is 4.15. The Balaban J connectivity index is 1.85. The molecular formula is C18H13F2N5. The minimum Gasteiger partial charge on any atom is -0.340 e. The molecule has 7 heteroatoms. The van der Waals surface area contributed by atoms with E-state index in [0.717, 1.165) is 0 Å². The summed E-state index contributed by atoms with van der Waals surface area (Å²) in [5, 5.41) is 8.22.